The van der Waals surface area contributed by atoms with Crippen molar-refractivity contribution >= 4 is 17.1 Å². The van der Waals surface area contributed by atoms with Gasteiger partial charge in [-0.3, -0.25) is 4.79 Å². The Balaban J connectivity index is 2.89. The number of carbonyl (C=O) groups excluding carboxylic acids is 1. The van der Waals surface area contributed by atoms with Gasteiger partial charge in [0.25, 0.3) is 0 Å². The van der Waals surface area contributed by atoms with E-state index in [1.54, 1.807) is 18.2 Å². The Labute approximate surface area is 98.4 Å². The SMILES string of the molecule is COc1ccc(OC)c2c(O)cc(C=O)cc12. The molecule has 0 heterocycles. The summed E-state index contributed by atoms with van der Waals surface area (Å²) < 4.78 is 10.4. The van der Waals surface area contributed by atoms with Crippen LogP contribution in [0, 0.1) is 0 Å². The summed E-state index contributed by atoms with van der Waals surface area (Å²) in [4.78, 5) is 10.8. The van der Waals surface area contributed by atoms with Gasteiger partial charge in [-0.05, 0) is 24.3 Å². The fourth-order valence-corrected chi connectivity index (χ4v) is 1.84. The average molecular weight is 232 g/mol. The molecule has 4 heteroatoms. The molecule has 0 spiro atoms. The van der Waals surface area contributed by atoms with Crippen LogP contribution in [0.4, 0.5) is 0 Å². The second kappa shape index (κ2) is 4.33. The third kappa shape index (κ3) is 1.78. The molecule has 0 bridgehead atoms. The van der Waals surface area contributed by atoms with Gasteiger partial charge >= 0.3 is 0 Å². The van der Waals surface area contributed by atoms with Crippen molar-refractivity contribution in [1.29, 1.82) is 0 Å². The molecule has 0 saturated heterocycles. The fourth-order valence-electron chi connectivity index (χ4n) is 1.84. The van der Waals surface area contributed by atoms with E-state index in [1.807, 2.05) is 0 Å². The Bertz CT molecular complexity index is 575. The van der Waals surface area contributed by atoms with Crippen molar-refractivity contribution in [3.63, 3.8) is 0 Å². The zero-order valence-corrected chi connectivity index (χ0v) is 9.56. The molecule has 1 N–H and O–H groups in total. The molecule has 0 radical (unpaired) electrons. The van der Waals surface area contributed by atoms with E-state index < -0.39 is 0 Å². The van der Waals surface area contributed by atoms with Crippen LogP contribution in [-0.2, 0) is 0 Å². The maximum absolute atomic E-state index is 10.8. The number of aldehydes is 1. The number of aromatic hydroxyl groups is 1. The molecule has 2 rings (SSSR count). The molecule has 2 aromatic carbocycles. The number of hydrogen-bond acceptors (Lipinski definition) is 4. The second-order valence-corrected chi connectivity index (χ2v) is 3.55. The highest BCUT2D eigenvalue weighted by Gasteiger charge is 2.12. The maximum Gasteiger partial charge on any atom is 0.150 e. The Morgan fingerprint density at radius 2 is 1.76 bits per heavy atom. The van der Waals surface area contributed by atoms with Crippen LogP contribution in [0.5, 0.6) is 17.2 Å². The van der Waals surface area contributed by atoms with Gasteiger partial charge in [0.1, 0.15) is 23.5 Å². The third-order valence-corrected chi connectivity index (χ3v) is 2.61. The van der Waals surface area contributed by atoms with Crippen LogP contribution in [0.2, 0.25) is 0 Å². The van der Waals surface area contributed by atoms with E-state index in [2.05, 4.69) is 0 Å². The first-order chi connectivity index (χ1) is 8.21. The summed E-state index contributed by atoms with van der Waals surface area (Å²) >= 11 is 0. The lowest BCUT2D eigenvalue weighted by Gasteiger charge is -2.11. The molecule has 88 valence electrons. The van der Waals surface area contributed by atoms with Crippen LogP contribution in [0.15, 0.2) is 24.3 Å². The number of benzene rings is 2. The molecule has 0 aliphatic heterocycles. The van der Waals surface area contributed by atoms with Gasteiger partial charge in [-0.15, -0.1) is 0 Å². The molecule has 0 amide bonds. The highest BCUT2D eigenvalue weighted by atomic mass is 16.5. The summed E-state index contributed by atoms with van der Waals surface area (Å²) in [6, 6.07) is 6.50. The Morgan fingerprint density at radius 1 is 1.12 bits per heavy atom. The minimum atomic E-state index is 0.000324. The van der Waals surface area contributed by atoms with E-state index in [0.29, 0.717) is 34.1 Å². The average Bonchev–Trinajstić information content (AvgIpc) is 2.37. The normalized spacial score (nSPS) is 10.2. The number of phenols is 1. The summed E-state index contributed by atoms with van der Waals surface area (Å²) in [6.07, 6.45) is 0.679. The minimum Gasteiger partial charge on any atom is -0.507 e. The summed E-state index contributed by atoms with van der Waals surface area (Å²) in [5.41, 5.74) is 0.390. The first-order valence-corrected chi connectivity index (χ1v) is 5.04. The van der Waals surface area contributed by atoms with Gasteiger partial charge < -0.3 is 14.6 Å². The Hall–Kier alpha value is -2.23. The molecule has 17 heavy (non-hydrogen) atoms. The van der Waals surface area contributed by atoms with Crippen LogP contribution in [0.3, 0.4) is 0 Å². The van der Waals surface area contributed by atoms with E-state index in [-0.39, 0.29) is 5.75 Å². The molecule has 0 saturated carbocycles. The number of fused-ring (bicyclic) bond motifs is 1. The van der Waals surface area contributed by atoms with Crippen molar-refractivity contribution in [3.8, 4) is 17.2 Å². The topological polar surface area (TPSA) is 55.8 Å². The highest BCUT2D eigenvalue weighted by molar-refractivity contribution is 6.00. The van der Waals surface area contributed by atoms with Crippen molar-refractivity contribution in [2.75, 3.05) is 14.2 Å². The van der Waals surface area contributed by atoms with Gasteiger partial charge in [-0.25, -0.2) is 0 Å². The summed E-state index contributed by atoms with van der Waals surface area (Å²) in [5.74, 6) is 1.12. The molecule has 0 aliphatic rings. The molecule has 0 aromatic heterocycles. The van der Waals surface area contributed by atoms with E-state index >= 15 is 0 Å². The number of hydrogen-bond donors (Lipinski definition) is 1. The van der Waals surface area contributed by atoms with Crippen LogP contribution in [0.1, 0.15) is 10.4 Å². The molecule has 0 fully saturated rings. The van der Waals surface area contributed by atoms with Crippen molar-refractivity contribution in [3.05, 3.63) is 29.8 Å². The minimum absolute atomic E-state index is 0.000324. The molecular weight excluding hydrogens is 220 g/mol. The Morgan fingerprint density at radius 3 is 2.35 bits per heavy atom. The third-order valence-electron chi connectivity index (χ3n) is 2.61. The number of rotatable bonds is 3. The lowest BCUT2D eigenvalue weighted by Crippen LogP contribution is -1.91. The van der Waals surface area contributed by atoms with Crippen LogP contribution >= 0.6 is 0 Å². The summed E-state index contributed by atoms with van der Waals surface area (Å²) in [7, 11) is 3.06. The number of methoxy groups -OCH3 is 2. The first-order valence-electron chi connectivity index (χ1n) is 5.04. The predicted octanol–water partition coefficient (Wildman–Crippen LogP) is 2.38. The highest BCUT2D eigenvalue weighted by Crippen LogP contribution is 2.39. The molecule has 2 aromatic rings. The monoisotopic (exact) mass is 232 g/mol. The Kier molecular flexibility index (Phi) is 2.87. The van der Waals surface area contributed by atoms with E-state index in [1.165, 1.54) is 20.3 Å². The largest absolute Gasteiger partial charge is 0.507 e. The number of ether oxygens (including phenoxy) is 2. The number of carbonyl (C=O) groups is 1. The molecule has 0 aliphatic carbocycles. The van der Waals surface area contributed by atoms with Crippen molar-refractivity contribution in [2.24, 2.45) is 0 Å². The van der Waals surface area contributed by atoms with Crippen molar-refractivity contribution < 1.29 is 19.4 Å². The van der Waals surface area contributed by atoms with Gasteiger partial charge in [0, 0.05) is 10.9 Å². The lowest BCUT2D eigenvalue weighted by molar-refractivity contribution is 0.112. The van der Waals surface area contributed by atoms with Crippen LogP contribution < -0.4 is 9.47 Å². The van der Waals surface area contributed by atoms with Crippen LogP contribution in [0.25, 0.3) is 10.8 Å². The summed E-state index contributed by atoms with van der Waals surface area (Å²) in [5, 5.41) is 11.1. The summed E-state index contributed by atoms with van der Waals surface area (Å²) in [6.45, 7) is 0. The van der Waals surface area contributed by atoms with Gasteiger partial charge in [-0.1, -0.05) is 0 Å². The molecule has 4 nitrogen and oxygen atoms in total. The fraction of sp³-hybridized carbons (Fsp3) is 0.154. The quantitative estimate of drug-likeness (QED) is 0.825. The van der Waals surface area contributed by atoms with Crippen LogP contribution in [-0.4, -0.2) is 25.6 Å². The maximum atomic E-state index is 10.8. The van der Waals surface area contributed by atoms with Gasteiger partial charge in [0.15, 0.2) is 0 Å². The van der Waals surface area contributed by atoms with Gasteiger partial charge in [-0.2, -0.15) is 0 Å². The molecular formula is C13H12O4. The van der Waals surface area contributed by atoms with E-state index in [4.69, 9.17) is 9.47 Å². The molecule has 0 atom stereocenters. The van der Waals surface area contributed by atoms with Crippen molar-refractivity contribution in [2.45, 2.75) is 0 Å². The van der Waals surface area contributed by atoms with Gasteiger partial charge in [0.2, 0.25) is 0 Å². The smallest absolute Gasteiger partial charge is 0.150 e. The first kappa shape index (κ1) is 11.3. The van der Waals surface area contributed by atoms with E-state index in [0.717, 1.165) is 0 Å². The second-order valence-electron chi connectivity index (χ2n) is 3.55. The number of phenolic OH excluding ortho intramolecular Hbond substituents is 1. The van der Waals surface area contributed by atoms with E-state index in [9.17, 15) is 9.90 Å². The standard InChI is InChI=1S/C13H12O4/c1-16-11-3-4-12(17-2)13-9(11)5-8(7-14)6-10(13)15/h3-7,15H,1-2H3. The van der Waals surface area contributed by atoms with Crippen molar-refractivity contribution in [1.82, 2.24) is 0 Å². The lowest BCUT2D eigenvalue weighted by atomic mass is 10.0. The zero-order chi connectivity index (χ0) is 12.4. The van der Waals surface area contributed by atoms with Gasteiger partial charge in [0.05, 0.1) is 19.6 Å². The zero-order valence-electron chi connectivity index (χ0n) is 9.56. The molecule has 0 unspecified atom stereocenters. The predicted molar refractivity (Wildman–Crippen MR) is 64.1 cm³/mol.